The van der Waals surface area contributed by atoms with Gasteiger partial charge in [0, 0.05) is 11.9 Å². The maximum absolute atomic E-state index is 13.4. The summed E-state index contributed by atoms with van der Waals surface area (Å²) in [5, 5.41) is 3.04. The molecule has 1 aromatic heterocycles. The van der Waals surface area contributed by atoms with Crippen molar-refractivity contribution >= 4 is 40.5 Å². The first-order chi connectivity index (χ1) is 15.4. The summed E-state index contributed by atoms with van der Waals surface area (Å²) in [6.07, 6.45) is 1.57. The Morgan fingerprint density at radius 2 is 1.81 bits per heavy atom. The first-order valence-corrected chi connectivity index (χ1v) is 10.5. The molecule has 0 radical (unpaired) electrons. The molecule has 4 rings (SSSR count). The van der Waals surface area contributed by atoms with Gasteiger partial charge in [-0.25, -0.2) is 4.39 Å². The zero-order valence-electron chi connectivity index (χ0n) is 17.4. The standard InChI is InChI=1S/C24H21FN4O2S/c1-16-5-11-20(12-6-16)29-23(31)21(14-22(30)27-18-9-7-17(25)8-10-18)28(24(29)32)15-19-4-2-3-13-26-19/h2-13,21H,14-15H2,1H3,(H,27,30)/t21-/m0/s1. The smallest absolute Gasteiger partial charge is 0.256 e. The molecule has 0 aliphatic carbocycles. The minimum Gasteiger partial charge on any atom is -0.330 e. The number of carbonyl (C=O) groups excluding carboxylic acids is 2. The summed E-state index contributed by atoms with van der Waals surface area (Å²) in [5.74, 6) is -1.03. The monoisotopic (exact) mass is 448 g/mol. The van der Waals surface area contributed by atoms with E-state index >= 15 is 0 Å². The predicted molar refractivity (Wildman–Crippen MR) is 124 cm³/mol. The van der Waals surface area contributed by atoms with Gasteiger partial charge in [-0.3, -0.25) is 19.5 Å². The van der Waals surface area contributed by atoms with E-state index < -0.39 is 11.9 Å². The molecule has 2 amide bonds. The third-order valence-electron chi connectivity index (χ3n) is 5.18. The molecule has 32 heavy (non-hydrogen) atoms. The Kier molecular flexibility index (Phi) is 6.23. The van der Waals surface area contributed by atoms with Crippen LogP contribution in [0.4, 0.5) is 15.8 Å². The fraction of sp³-hybridized carbons (Fsp3) is 0.167. The van der Waals surface area contributed by atoms with E-state index in [1.54, 1.807) is 11.1 Å². The van der Waals surface area contributed by atoms with E-state index in [0.29, 0.717) is 23.0 Å². The van der Waals surface area contributed by atoms with E-state index in [2.05, 4.69) is 10.3 Å². The molecule has 0 bridgehead atoms. The van der Waals surface area contributed by atoms with Crippen molar-refractivity contribution < 1.29 is 14.0 Å². The lowest BCUT2D eigenvalue weighted by molar-refractivity contribution is -0.124. The third-order valence-corrected chi connectivity index (χ3v) is 5.59. The number of carbonyl (C=O) groups is 2. The van der Waals surface area contributed by atoms with Gasteiger partial charge in [0.05, 0.1) is 24.3 Å². The number of hydrogen-bond donors (Lipinski definition) is 1. The highest BCUT2D eigenvalue weighted by Crippen LogP contribution is 2.29. The van der Waals surface area contributed by atoms with Gasteiger partial charge in [-0.2, -0.15) is 0 Å². The summed E-state index contributed by atoms with van der Waals surface area (Å²) in [7, 11) is 0. The molecule has 0 unspecified atom stereocenters. The minimum atomic E-state index is -0.786. The molecule has 1 saturated heterocycles. The molecule has 1 atom stereocenters. The number of nitrogens with zero attached hydrogens (tertiary/aromatic N) is 3. The highest BCUT2D eigenvalue weighted by atomic mass is 32.1. The molecule has 2 heterocycles. The first kappa shape index (κ1) is 21.6. The summed E-state index contributed by atoms with van der Waals surface area (Å²) in [6, 6.07) is 17.7. The summed E-state index contributed by atoms with van der Waals surface area (Å²) >= 11 is 5.66. The number of rotatable bonds is 6. The van der Waals surface area contributed by atoms with Crippen LogP contribution in [-0.4, -0.2) is 32.9 Å². The van der Waals surface area contributed by atoms with Gasteiger partial charge in [-0.05, 0) is 67.7 Å². The second-order valence-corrected chi connectivity index (χ2v) is 7.88. The number of amides is 2. The van der Waals surface area contributed by atoms with Crippen molar-refractivity contribution in [1.29, 1.82) is 0 Å². The van der Waals surface area contributed by atoms with E-state index in [1.807, 2.05) is 49.4 Å². The number of aryl methyl sites for hydroxylation is 1. The molecular formula is C24H21FN4O2S. The molecule has 1 N–H and O–H groups in total. The van der Waals surface area contributed by atoms with Crippen molar-refractivity contribution in [3.8, 4) is 0 Å². The van der Waals surface area contributed by atoms with Crippen molar-refractivity contribution in [1.82, 2.24) is 9.88 Å². The second kappa shape index (κ2) is 9.23. The molecule has 1 aliphatic heterocycles. The average molecular weight is 449 g/mol. The van der Waals surface area contributed by atoms with E-state index in [9.17, 15) is 14.0 Å². The van der Waals surface area contributed by atoms with E-state index in [1.165, 1.54) is 29.2 Å². The van der Waals surface area contributed by atoms with Crippen LogP contribution >= 0.6 is 12.2 Å². The van der Waals surface area contributed by atoms with Gasteiger partial charge in [0.25, 0.3) is 5.91 Å². The average Bonchev–Trinajstić information content (AvgIpc) is 3.01. The van der Waals surface area contributed by atoms with E-state index in [-0.39, 0.29) is 18.2 Å². The van der Waals surface area contributed by atoms with Gasteiger partial charge < -0.3 is 10.2 Å². The lowest BCUT2D eigenvalue weighted by Crippen LogP contribution is -2.37. The van der Waals surface area contributed by atoms with Crippen LogP contribution in [0.5, 0.6) is 0 Å². The molecule has 1 aliphatic rings. The Morgan fingerprint density at radius 1 is 1.09 bits per heavy atom. The normalized spacial score (nSPS) is 15.9. The number of anilines is 2. The van der Waals surface area contributed by atoms with Crippen molar-refractivity contribution in [3.63, 3.8) is 0 Å². The maximum Gasteiger partial charge on any atom is 0.256 e. The second-order valence-electron chi connectivity index (χ2n) is 7.52. The number of halogens is 1. The van der Waals surface area contributed by atoms with Gasteiger partial charge in [-0.1, -0.05) is 23.8 Å². The lowest BCUT2D eigenvalue weighted by Gasteiger charge is -2.23. The number of aromatic nitrogens is 1. The molecule has 6 nitrogen and oxygen atoms in total. The fourth-order valence-corrected chi connectivity index (χ4v) is 3.92. The quantitative estimate of drug-likeness (QED) is 0.576. The minimum absolute atomic E-state index is 0.106. The van der Waals surface area contributed by atoms with Crippen molar-refractivity contribution in [2.45, 2.75) is 25.9 Å². The Balaban J connectivity index is 1.59. The highest BCUT2D eigenvalue weighted by Gasteiger charge is 2.44. The Hall–Kier alpha value is -3.65. The molecule has 0 spiro atoms. The van der Waals surface area contributed by atoms with Crippen LogP contribution in [0.15, 0.2) is 72.9 Å². The number of nitrogens with one attached hydrogen (secondary N) is 1. The van der Waals surface area contributed by atoms with Crippen molar-refractivity contribution in [2.75, 3.05) is 10.2 Å². The van der Waals surface area contributed by atoms with E-state index in [4.69, 9.17) is 12.2 Å². The van der Waals surface area contributed by atoms with Gasteiger partial charge in [0.2, 0.25) is 5.91 Å². The zero-order chi connectivity index (χ0) is 22.7. The van der Waals surface area contributed by atoms with Gasteiger partial charge in [0.1, 0.15) is 11.9 Å². The summed E-state index contributed by atoms with van der Waals surface area (Å²) in [6.45, 7) is 2.26. The van der Waals surface area contributed by atoms with Crippen LogP contribution in [0.25, 0.3) is 0 Å². The van der Waals surface area contributed by atoms with Crippen LogP contribution in [0.2, 0.25) is 0 Å². The van der Waals surface area contributed by atoms with Crippen LogP contribution in [0, 0.1) is 12.7 Å². The Morgan fingerprint density at radius 3 is 2.47 bits per heavy atom. The van der Waals surface area contributed by atoms with Gasteiger partial charge in [0.15, 0.2) is 5.11 Å². The first-order valence-electron chi connectivity index (χ1n) is 10.1. The fourth-order valence-electron chi connectivity index (χ4n) is 3.53. The summed E-state index contributed by atoms with van der Waals surface area (Å²) < 4.78 is 13.1. The Bertz CT molecular complexity index is 1140. The molecule has 8 heteroatoms. The molecular weight excluding hydrogens is 427 g/mol. The molecule has 162 valence electrons. The van der Waals surface area contributed by atoms with Gasteiger partial charge in [-0.15, -0.1) is 0 Å². The lowest BCUT2D eigenvalue weighted by atomic mass is 10.1. The maximum atomic E-state index is 13.4. The van der Waals surface area contributed by atoms with Crippen LogP contribution in [0.3, 0.4) is 0 Å². The van der Waals surface area contributed by atoms with E-state index in [0.717, 1.165) is 11.3 Å². The molecule has 1 fully saturated rings. The van der Waals surface area contributed by atoms with Crippen molar-refractivity contribution in [3.05, 3.63) is 90.0 Å². The number of benzene rings is 2. The molecule has 2 aromatic carbocycles. The van der Waals surface area contributed by atoms with Crippen molar-refractivity contribution in [2.24, 2.45) is 0 Å². The summed E-state index contributed by atoms with van der Waals surface area (Å²) in [5.41, 5.74) is 2.90. The third kappa shape index (κ3) is 4.65. The van der Waals surface area contributed by atoms with Gasteiger partial charge >= 0.3 is 0 Å². The topological polar surface area (TPSA) is 65.5 Å². The van der Waals surface area contributed by atoms with Crippen LogP contribution in [0.1, 0.15) is 17.7 Å². The SMILES string of the molecule is Cc1ccc(N2C(=O)[C@H](CC(=O)Nc3ccc(F)cc3)N(Cc3ccccn3)C2=S)cc1. The molecule has 3 aromatic rings. The van der Waals surface area contributed by atoms with Crippen LogP contribution < -0.4 is 10.2 Å². The van der Waals surface area contributed by atoms with Crippen LogP contribution in [-0.2, 0) is 16.1 Å². The molecule has 0 saturated carbocycles. The number of hydrogen-bond acceptors (Lipinski definition) is 4. The highest BCUT2D eigenvalue weighted by molar-refractivity contribution is 7.80. The number of pyridine rings is 1. The largest absolute Gasteiger partial charge is 0.330 e. The zero-order valence-corrected chi connectivity index (χ0v) is 18.2. The predicted octanol–water partition coefficient (Wildman–Crippen LogP) is 4.06. The number of thiocarbonyl (C=S) groups is 1. The summed E-state index contributed by atoms with van der Waals surface area (Å²) in [4.78, 5) is 33.6. The Labute approximate surface area is 190 Å².